The van der Waals surface area contributed by atoms with Crippen molar-refractivity contribution in [3.8, 4) is 0 Å². The Labute approximate surface area is 151 Å². The molecule has 0 aromatic heterocycles. The zero-order chi connectivity index (χ0) is 19.1. The Kier molecular flexibility index (Phi) is 7.05. The summed E-state index contributed by atoms with van der Waals surface area (Å²) in [5, 5.41) is 3.02. The lowest BCUT2D eigenvalue weighted by Crippen LogP contribution is -2.36. The van der Waals surface area contributed by atoms with E-state index in [1.807, 2.05) is 0 Å². The number of carbonyl (C=O) groups is 2. The van der Waals surface area contributed by atoms with Gasteiger partial charge in [-0.3, -0.25) is 0 Å². The molecule has 0 saturated carbocycles. The molecule has 0 spiro atoms. The Morgan fingerprint density at radius 2 is 1.58 bits per heavy atom. The van der Waals surface area contributed by atoms with Crippen LogP contribution in [0.3, 0.4) is 0 Å². The first-order valence-corrected chi connectivity index (χ1v) is 7.96. The molecule has 0 amide bonds. The van der Waals surface area contributed by atoms with Crippen LogP contribution >= 0.6 is 0 Å². The summed E-state index contributed by atoms with van der Waals surface area (Å²) in [5.41, 5.74) is 1.50. The summed E-state index contributed by atoms with van der Waals surface area (Å²) in [4.78, 5) is 25.2. The Balaban J connectivity index is 2.45. The highest BCUT2D eigenvalue weighted by molar-refractivity contribution is 5.98. The molecule has 144 valence electrons. The van der Waals surface area contributed by atoms with Gasteiger partial charge in [0, 0.05) is 25.6 Å². The van der Waals surface area contributed by atoms with Crippen LogP contribution in [-0.2, 0) is 38.0 Å². The summed E-state index contributed by atoms with van der Waals surface area (Å²) in [5.74, 6) is -1.78. The third-order valence-corrected chi connectivity index (χ3v) is 3.77. The second-order valence-electron chi connectivity index (χ2n) is 5.55. The average molecular weight is 369 g/mol. The van der Waals surface area contributed by atoms with E-state index in [0.29, 0.717) is 30.4 Å². The van der Waals surface area contributed by atoms with E-state index in [-0.39, 0.29) is 24.7 Å². The third kappa shape index (κ3) is 4.36. The van der Waals surface area contributed by atoms with Crippen molar-refractivity contribution in [3.05, 3.63) is 34.6 Å². The van der Waals surface area contributed by atoms with E-state index in [9.17, 15) is 9.59 Å². The van der Waals surface area contributed by atoms with E-state index < -0.39 is 17.9 Å². The predicted octanol–water partition coefficient (Wildman–Crippen LogP) is 0.936. The van der Waals surface area contributed by atoms with E-state index in [1.54, 1.807) is 13.8 Å². The van der Waals surface area contributed by atoms with E-state index in [4.69, 9.17) is 28.4 Å². The lowest BCUT2D eigenvalue weighted by atomic mass is 9.84. The summed E-state index contributed by atoms with van der Waals surface area (Å²) in [7, 11) is 2.81. The lowest BCUT2D eigenvalue weighted by Gasteiger charge is -2.32. The van der Waals surface area contributed by atoms with Crippen molar-refractivity contribution >= 4 is 11.9 Å². The van der Waals surface area contributed by atoms with Crippen LogP contribution in [0, 0.1) is 5.92 Å². The van der Waals surface area contributed by atoms with E-state index >= 15 is 0 Å². The summed E-state index contributed by atoms with van der Waals surface area (Å²) < 4.78 is 30.7. The number of dihydropyridines is 1. The third-order valence-electron chi connectivity index (χ3n) is 3.77. The number of methoxy groups -OCH3 is 2. The molecule has 0 fully saturated rings. The Morgan fingerprint density at radius 1 is 1.04 bits per heavy atom. The van der Waals surface area contributed by atoms with E-state index in [0.717, 1.165) is 0 Å². The first kappa shape index (κ1) is 19.8. The van der Waals surface area contributed by atoms with Crippen molar-refractivity contribution < 1.29 is 38.0 Å². The molecule has 0 aromatic carbocycles. The molecule has 0 saturated heterocycles. The number of hydrogen-bond donors (Lipinski definition) is 1. The monoisotopic (exact) mass is 369 g/mol. The number of hydrogen-bond acceptors (Lipinski definition) is 9. The molecule has 1 N–H and O–H groups in total. The molecule has 2 aliphatic heterocycles. The van der Waals surface area contributed by atoms with Crippen molar-refractivity contribution in [2.24, 2.45) is 5.92 Å². The second kappa shape index (κ2) is 9.25. The maximum atomic E-state index is 12.6. The normalized spacial score (nSPS) is 17.8. The van der Waals surface area contributed by atoms with Crippen molar-refractivity contribution in [1.29, 1.82) is 0 Å². The smallest absolute Gasteiger partial charge is 0.338 e. The topological polar surface area (TPSA) is 102 Å². The first-order chi connectivity index (χ1) is 12.5. The quantitative estimate of drug-likeness (QED) is 0.519. The van der Waals surface area contributed by atoms with Crippen molar-refractivity contribution in [3.63, 3.8) is 0 Å². The van der Waals surface area contributed by atoms with Crippen LogP contribution in [0.15, 0.2) is 34.6 Å². The SMILES string of the molecule is COCOC(=O)C1=C(C)NC(C)=C(C(=O)OCOC)C1C1=COCCO1. The molecular formula is C17H23NO8. The molecule has 26 heavy (non-hydrogen) atoms. The molecule has 9 heteroatoms. The fourth-order valence-electron chi connectivity index (χ4n) is 2.73. The van der Waals surface area contributed by atoms with Gasteiger partial charge in [0.25, 0.3) is 0 Å². The van der Waals surface area contributed by atoms with Crippen LogP contribution in [0.1, 0.15) is 13.8 Å². The van der Waals surface area contributed by atoms with Gasteiger partial charge < -0.3 is 33.7 Å². The maximum Gasteiger partial charge on any atom is 0.338 e. The summed E-state index contributed by atoms with van der Waals surface area (Å²) >= 11 is 0. The zero-order valence-corrected chi connectivity index (χ0v) is 15.2. The molecule has 0 atom stereocenters. The van der Waals surface area contributed by atoms with Crippen LogP contribution in [0.4, 0.5) is 0 Å². The number of allylic oxidation sites excluding steroid dienone is 3. The highest BCUT2D eigenvalue weighted by atomic mass is 16.7. The van der Waals surface area contributed by atoms with Crippen LogP contribution in [0.25, 0.3) is 0 Å². The molecular weight excluding hydrogens is 346 g/mol. The van der Waals surface area contributed by atoms with Gasteiger partial charge in [-0.15, -0.1) is 0 Å². The molecule has 2 heterocycles. The van der Waals surface area contributed by atoms with Gasteiger partial charge >= 0.3 is 11.9 Å². The molecule has 0 aromatic rings. The lowest BCUT2D eigenvalue weighted by molar-refractivity contribution is -0.151. The van der Waals surface area contributed by atoms with Crippen molar-refractivity contribution in [2.75, 3.05) is 41.0 Å². The minimum absolute atomic E-state index is 0.216. The minimum atomic E-state index is -0.828. The van der Waals surface area contributed by atoms with Gasteiger partial charge in [0.15, 0.2) is 13.6 Å². The molecule has 9 nitrogen and oxygen atoms in total. The standard InChI is InChI=1S/C17H23NO8/c1-10-13(16(19)25-8-21-3)15(12-7-23-5-6-24-12)14(11(2)18-10)17(20)26-9-22-4/h7,15,18H,5-6,8-9H2,1-4H3. The van der Waals surface area contributed by atoms with Crippen molar-refractivity contribution in [1.82, 2.24) is 5.32 Å². The summed E-state index contributed by atoms with van der Waals surface area (Å²) in [6.07, 6.45) is 1.40. The van der Waals surface area contributed by atoms with Gasteiger partial charge in [-0.2, -0.15) is 0 Å². The first-order valence-electron chi connectivity index (χ1n) is 7.96. The number of esters is 2. The van der Waals surface area contributed by atoms with Gasteiger partial charge in [0.1, 0.15) is 25.2 Å². The number of rotatable bonds is 7. The van der Waals surface area contributed by atoms with Gasteiger partial charge in [-0.25, -0.2) is 9.59 Å². The van der Waals surface area contributed by atoms with Crippen LogP contribution < -0.4 is 5.32 Å². The highest BCUT2D eigenvalue weighted by Gasteiger charge is 2.41. The number of carbonyl (C=O) groups excluding carboxylic acids is 2. The van der Waals surface area contributed by atoms with Crippen LogP contribution in [0.2, 0.25) is 0 Å². The summed E-state index contributed by atoms with van der Waals surface area (Å²) in [6.45, 7) is 3.67. The molecule has 0 radical (unpaired) electrons. The van der Waals surface area contributed by atoms with E-state index in [2.05, 4.69) is 5.32 Å². The Bertz CT molecular complexity index is 607. The largest absolute Gasteiger partial charge is 0.494 e. The van der Waals surface area contributed by atoms with Crippen LogP contribution in [0.5, 0.6) is 0 Å². The Hall–Kier alpha value is -2.52. The maximum absolute atomic E-state index is 12.6. The minimum Gasteiger partial charge on any atom is -0.494 e. The average Bonchev–Trinajstić information content (AvgIpc) is 2.64. The van der Waals surface area contributed by atoms with Crippen LogP contribution in [-0.4, -0.2) is 53.0 Å². The zero-order valence-electron chi connectivity index (χ0n) is 15.2. The predicted molar refractivity (Wildman–Crippen MR) is 87.9 cm³/mol. The fraction of sp³-hybridized carbons (Fsp3) is 0.529. The molecule has 2 aliphatic rings. The Morgan fingerprint density at radius 3 is 2.00 bits per heavy atom. The fourth-order valence-corrected chi connectivity index (χ4v) is 2.73. The number of nitrogens with one attached hydrogen (secondary N) is 1. The van der Waals surface area contributed by atoms with Gasteiger partial charge in [-0.1, -0.05) is 0 Å². The molecule has 0 unspecified atom stereocenters. The number of ether oxygens (including phenoxy) is 6. The molecule has 0 bridgehead atoms. The molecule has 2 rings (SSSR count). The summed E-state index contributed by atoms with van der Waals surface area (Å²) in [6, 6.07) is 0. The van der Waals surface area contributed by atoms with Crippen molar-refractivity contribution in [2.45, 2.75) is 13.8 Å². The van der Waals surface area contributed by atoms with E-state index in [1.165, 1.54) is 20.5 Å². The van der Waals surface area contributed by atoms with Gasteiger partial charge in [-0.05, 0) is 13.8 Å². The van der Waals surface area contributed by atoms with Gasteiger partial charge in [0.05, 0.1) is 17.1 Å². The second-order valence-corrected chi connectivity index (χ2v) is 5.55. The van der Waals surface area contributed by atoms with Gasteiger partial charge in [0.2, 0.25) is 0 Å². The highest BCUT2D eigenvalue weighted by Crippen LogP contribution is 2.37. The molecule has 0 aliphatic carbocycles.